The van der Waals surface area contributed by atoms with Crippen molar-refractivity contribution in [2.24, 2.45) is 0 Å². The van der Waals surface area contributed by atoms with Gasteiger partial charge in [0, 0.05) is 19.1 Å². The lowest BCUT2D eigenvalue weighted by Crippen LogP contribution is -2.43. The van der Waals surface area contributed by atoms with Crippen molar-refractivity contribution in [3.8, 4) is 0 Å². The van der Waals surface area contributed by atoms with Crippen LogP contribution >= 0.6 is 0 Å². The van der Waals surface area contributed by atoms with Crippen LogP contribution in [0.5, 0.6) is 0 Å². The summed E-state index contributed by atoms with van der Waals surface area (Å²) in [5.41, 5.74) is -0.00999. The number of rotatable bonds is 5. The molecule has 0 spiro atoms. The lowest BCUT2D eigenvalue weighted by molar-refractivity contribution is -0.0115. The van der Waals surface area contributed by atoms with Gasteiger partial charge < -0.3 is 15.0 Å². The van der Waals surface area contributed by atoms with Gasteiger partial charge in [-0.2, -0.15) is 0 Å². The molecule has 1 saturated heterocycles. The predicted octanol–water partition coefficient (Wildman–Crippen LogP) is 1.88. The number of hydrogen-bond acceptors (Lipinski definition) is 3. The van der Waals surface area contributed by atoms with Crippen molar-refractivity contribution in [3.05, 3.63) is 0 Å². The standard InChI is InChI=1S/C13H28N2O/c1-13(2,3)16-10-9-15(4)11-12-7-5-6-8-14-12/h12,14H,5-11H2,1-4H3. The first-order valence-electron chi connectivity index (χ1n) is 6.53. The third-order valence-electron chi connectivity index (χ3n) is 2.95. The third-order valence-corrected chi connectivity index (χ3v) is 2.95. The highest BCUT2D eigenvalue weighted by atomic mass is 16.5. The molecule has 1 heterocycles. The zero-order valence-corrected chi connectivity index (χ0v) is 11.4. The molecule has 1 rings (SSSR count). The van der Waals surface area contributed by atoms with Gasteiger partial charge in [0.2, 0.25) is 0 Å². The summed E-state index contributed by atoms with van der Waals surface area (Å²) in [6, 6.07) is 0.688. The number of nitrogens with one attached hydrogen (secondary N) is 1. The molecule has 1 atom stereocenters. The summed E-state index contributed by atoms with van der Waals surface area (Å²) >= 11 is 0. The maximum absolute atomic E-state index is 5.73. The second-order valence-corrected chi connectivity index (χ2v) is 5.87. The van der Waals surface area contributed by atoms with Crippen molar-refractivity contribution < 1.29 is 4.74 Å². The molecule has 3 nitrogen and oxygen atoms in total. The van der Waals surface area contributed by atoms with Crippen LogP contribution in [0.3, 0.4) is 0 Å². The van der Waals surface area contributed by atoms with E-state index in [0.29, 0.717) is 6.04 Å². The fourth-order valence-corrected chi connectivity index (χ4v) is 2.05. The minimum atomic E-state index is -0.00999. The predicted molar refractivity (Wildman–Crippen MR) is 68.8 cm³/mol. The summed E-state index contributed by atoms with van der Waals surface area (Å²) in [4.78, 5) is 2.37. The smallest absolute Gasteiger partial charge is 0.0600 e. The molecule has 3 heteroatoms. The van der Waals surface area contributed by atoms with E-state index in [9.17, 15) is 0 Å². The molecule has 0 bridgehead atoms. The van der Waals surface area contributed by atoms with Crippen LogP contribution in [0.1, 0.15) is 40.0 Å². The summed E-state index contributed by atoms with van der Waals surface area (Å²) in [5.74, 6) is 0. The molecule has 0 saturated carbocycles. The average Bonchev–Trinajstić information content (AvgIpc) is 2.17. The van der Waals surface area contributed by atoms with Gasteiger partial charge in [0.1, 0.15) is 0 Å². The van der Waals surface area contributed by atoms with Crippen LogP contribution < -0.4 is 5.32 Å². The molecule has 1 N–H and O–H groups in total. The molecule has 16 heavy (non-hydrogen) atoms. The summed E-state index contributed by atoms with van der Waals surface area (Å²) < 4.78 is 5.73. The Kier molecular flexibility index (Phi) is 5.73. The van der Waals surface area contributed by atoms with Gasteiger partial charge in [0.25, 0.3) is 0 Å². The van der Waals surface area contributed by atoms with E-state index in [4.69, 9.17) is 4.74 Å². The quantitative estimate of drug-likeness (QED) is 0.777. The van der Waals surface area contributed by atoms with E-state index in [2.05, 4.69) is 38.0 Å². The maximum Gasteiger partial charge on any atom is 0.0600 e. The van der Waals surface area contributed by atoms with E-state index in [0.717, 1.165) is 19.7 Å². The molecule has 0 aromatic heterocycles. The fraction of sp³-hybridized carbons (Fsp3) is 1.00. The van der Waals surface area contributed by atoms with E-state index < -0.39 is 0 Å². The number of nitrogens with zero attached hydrogens (tertiary/aromatic N) is 1. The molecule has 0 radical (unpaired) electrons. The van der Waals surface area contributed by atoms with Crippen LogP contribution in [0.15, 0.2) is 0 Å². The zero-order chi connectivity index (χ0) is 12.0. The average molecular weight is 228 g/mol. The number of likely N-dealkylation sites (N-methyl/N-ethyl adjacent to an activating group) is 1. The first-order valence-corrected chi connectivity index (χ1v) is 6.53. The van der Waals surface area contributed by atoms with Crippen molar-refractivity contribution in [3.63, 3.8) is 0 Å². The van der Waals surface area contributed by atoms with Crippen molar-refractivity contribution in [1.29, 1.82) is 0 Å². The molecular weight excluding hydrogens is 200 g/mol. The van der Waals surface area contributed by atoms with Crippen LogP contribution in [0.25, 0.3) is 0 Å². The molecule has 0 amide bonds. The largest absolute Gasteiger partial charge is 0.375 e. The second kappa shape index (κ2) is 6.58. The van der Waals surface area contributed by atoms with Gasteiger partial charge in [0.05, 0.1) is 12.2 Å². The summed E-state index contributed by atoms with van der Waals surface area (Å²) in [6.07, 6.45) is 4.04. The minimum absolute atomic E-state index is 0.00999. The first-order chi connectivity index (χ1) is 7.47. The second-order valence-electron chi connectivity index (χ2n) is 5.87. The van der Waals surface area contributed by atoms with Crippen molar-refractivity contribution >= 4 is 0 Å². The van der Waals surface area contributed by atoms with E-state index >= 15 is 0 Å². The molecule has 0 aromatic carbocycles. The van der Waals surface area contributed by atoms with Gasteiger partial charge in [-0.15, -0.1) is 0 Å². The normalized spacial score (nSPS) is 22.7. The Morgan fingerprint density at radius 3 is 2.62 bits per heavy atom. The van der Waals surface area contributed by atoms with Gasteiger partial charge in [-0.1, -0.05) is 6.42 Å². The zero-order valence-electron chi connectivity index (χ0n) is 11.4. The van der Waals surface area contributed by atoms with Crippen molar-refractivity contribution in [2.45, 2.75) is 51.7 Å². The summed E-state index contributed by atoms with van der Waals surface area (Å²) in [6.45, 7) is 10.5. The Morgan fingerprint density at radius 1 is 1.31 bits per heavy atom. The van der Waals surface area contributed by atoms with E-state index in [-0.39, 0.29) is 5.60 Å². The van der Waals surface area contributed by atoms with Gasteiger partial charge in [-0.3, -0.25) is 0 Å². The third kappa shape index (κ3) is 6.46. The Morgan fingerprint density at radius 2 is 2.06 bits per heavy atom. The highest BCUT2D eigenvalue weighted by molar-refractivity contribution is 4.75. The molecule has 1 aliphatic rings. The topological polar surface area (TPSA) is 24.5 Å². The Balaban J connectivity index is 2.08. The molecule has 1 aliphatic heterocycles. The first kappa shape index (κ1) is 13.9. The van der Waals surface area contributed by atoms with Crippen molar-refractivity contribution in [2.75, 3.05) is 33.3 Å². The number of piperidine rings is 1. The summed E-state index contributed by atoms with van der Waals surface area (Å²) in [5, 5.41) is 3.57. The molecular formula is C13H28N2O. The Labute approximate surface area is 101 Å². The molecule has 0 aliphatic carbocycles. The van der Waals surface area contributed by atoms with Crippen LogP contribution in [0, 0.1) is 0 Å². The minimum Gasteiger partial charge on any atom is -0.375 e. The number of hydrogen-bond donors (Lipinski definition) is 1. The number of ether oxygens (including phenoxy) is 1. The van der Waals surface area contributed by atoms with Crippen LogP contribution in [0.2, 0.25) is 0 Å². The highest BCUT2D eigenvalue weighted by Gasteiger charge is 2.15. The molecule has 1 unspecified atom stereocenters. The van der Waals surface area contributed by atoms with Crippen LogP contribution in [-0.4, -0.2) is 49.8 Å². The molecule has 96 valence electrons. The van der Waals surface area contributed by atoms with E-state index in [1.807, 2.05) is 0 Å². The van der Waals surface area contributed by atoms with Gasteiger partial charge in [-0.25, -0.2) is 0 Å². The van der Waals surface area contributed by atoms with E-state index in [1.54, 1.807) is 0 Å². The van der Waals surface area contributed by atoms with Crippen LogP contribution in [0.4, 0.5) is 0 Å². The Hall–Kier alpha value is -0.120. The summed E-state index contributed by atoms with van der Waals surface area (Å²) in [7, 11) is 2.18. The molecule has 0 aromatic rings. The lowest BCUT2D eigenvalue weighted by Gasteiger charge is -2.29. The van der Waals surface area contributed by atoms with Crippen LogP contribution in [-0.2, 0) is 4.74 Å². The SMILES string of the molecule is CN(CCOC(C)(C)C)CC1CCCCN1. The van der Waals surface area contributed by atoms with Gasteiger partial charge >= 0.3 is 0 Å². The van der Waals surface area contributed by atoms with Crippen molar-refractivity contribution in [1.82, 2.24) is 10.2 Å². The molecule has 1 fully saturated rings. The monoisotopic (exact) mass is 228 g/mol. The van der Waals surface area contributed by atoms with Gasteiger partial charge in [-0.05, 0) is 47.2 Å². The van der Waals surface area contributed by atoms with E-state index in [1.165, 1.54) is 25.8 Å². The Bertz CT molecular complexity index is 183. The lowest BCUT2D eigenvalue weighted by atomic mass is 10.0. The van der Waals surface area contributed by atoms with Gasteiger partial charge in [0.15, 0.2) is 0 Å². The maximum atomic E-state index is 5.73. The fourth-order valence-electron chi connectivity index (χ4n) is 2.05. The highest BCUT2D eigenvalue weighted by Crippen LogP contribution is 2.09.